The Hall–Kier alpha value is -3.80. The first kappa shape index (κ1) is 23.4. The molecule has 0 spiro atoms. The Labute approximate surface area is 200 Å². The lowest BCUT2D eigenvalue weighted by Crippen LogP contribution is -2.25. The minimum absolute atomic E-state index is 0.154. The average Bonchev–Trinajstić information content (AvgIpc) is 3.20. The number of imidazole rings is 1. The monoisotopic (exact) mass is 457 g/mol. The smallest absolute Gasteiger partial charge is 0.251 e. The van der Waals surface area contributed by atoms with Crippen LogP contribution in [-0.2, 0) is 13.1 Å². The van der Waals surface area contributed by atoms with Crippen molar-refractivity contribution < 1.29 is 14.3 Å². The number of aromatic nitrogens is 2. The van der Waals surface area contributed by atoms with Crippen molar-refractivity contribution in [3.8, 4) is 11.5 Å². The van der Waals surface area contributed by atoms with Gasteiger partial charge in [0.1, 0.15) is 23.9 Å². The van der Waals surface area contributed by atoms with Gasteiger partial charge in [-0.25, -0.2) is 4.98 Å². The first-order valence-electron chi connectivity index (χ1n) is 11.6. The number of amides is 1. The number of carbonyl (C=O) groups is 1. The zero-order chi connectivity index (χ0) is 24.1. The van der Waals surface area contributed by atoms with E-state index in [0.717, 1.165) is 22.6 Å². The molecule has 4 aromatic rings. The fourth-order valence-electron chi connectivity index (χ4n) is 4.00. The highest BCUT2D eigenvalue weighted by Crippen LogP contribution is 2.27. The third-order valence-corrected chi connectivity index (χ3v) is 5.86. The van der Waals surface area contributed by atoms with Crippen LogP contribution < -0.4 is 14.8 Å². The van der Waals surface area contributed by atoms with Crippen LogP contribution in [0.5, 0.6) is 11.5 Å². The summed E-state index contributed by atoms with van der Waals surface area (Å²) in [5.74, 6) is 2.66. The molecule has 0 aliphatic rings. The molecule has 0 fully saturated rings. The van der Waals surface area contributed by atoms with E-state index in [1.807, 2.05) is 24.3 Å². The number of para-hydroxylation sites is 2. The maximum absolute atomic E-state index is 12.7. The molecule has 34 heavy (non-hydrogen) atoms. The van der Waals surface area contributed by atoms with Gasteiger partial charge in [0, 0.05) is 5.56 Å². The van der Waals surface area contributed by atoms with Crippen LogP contribution in [0.1, 0.15) is 47.1 Å². The summed E-state index contributed by atoms with van der Waals surface area (Å²) in [6, 6.07) is 21.4. The van der Waals surface area contributed by atoms with Crippen LogP contribution in [-0.4, -0.2) is 29.2 Å². The lowest BCUT2D eigenvalue weighted by molar-refractivity contribution is 0.0949. The fraction of sp³-hybridized carbons (Fsp3) is 0.286. The third kappa shape index (κ3) is 5.22. The van der Waals surface area contributed by atoms with E-state index in [1.165, 1.54) is 11.1 Å². The molecule has 1 N–H and O–H groups in total. The van der Waals surface area contributed by atoms with Gasteiger partial charge in [-0.05, 0) is 66.4 Å². The number of benzene rings is 3. The lowest BCUT2D eigenvalue weighted by Gasteiger charge is -2.16. The number of methoxy groups -OCH3 is 1. The molecule has 1 aromatic heterocycles. The summed E-state index contributed by atoms with van der Waals surface area (Å²) in [6.07, 6.45) is 0. The quantitative estimate of drug-likeness (QED) is 0.361. The van der Waals surface area contributed by atoms with E-state index >= 15 is 0 Å². The van der Waals surface area contributed by atoms with E-state index in [4.69, 9.17) is 14.5 Å². The van der Waals surface area contributed by atoms with Gasteiger partial charge in [0.25, 0.3) is 5.91 Å². The van der Waals surface area contributed by atoms with Gasteiger partial charge in [-0.3, -0.25) is 4.79 Å². The summed E-state index contributed by atoms with van der Waals surface area (Å²) in [4.78, 5) is 17.4. The molecule has 1 amide bonds. The molecular weight excluding hydrogens is 426 g/mol. The van der Waals surface area contributed by atoms with Crippen molar-refractivity contribution in [1.29, 1.82) is 0 Å². The number of hydrogen-bond donors (Lipinski definition) is 1. The van der Waals surface area contributed by atoms with Crippen LogP contribution in [0.25, 0.3) is 11.0 Å². The van der Waals surface area contributed by atoms with E-state index in [0.29, 0.717) is 36.9 Å². The number of nitrogens with one attached hydrogen (secondary N) is 1. The van der Waals surface area contributed by atoms with Crippen molar-refractivity contribution in [3.63, 3.8) is 0 Å². The summed E-state index contributed by atoms with van der Waals surface area (Å²) in [5, 5.41) is 2.99. The summed E-state index contributed by atoms with van der Waals surface area (Å²) >= 11 is 0. The van der Waals surface area contributed by atoms with Gasteiger partial charge in [0.15, 0.2) is 0 Å². The normalized spacial score (nSPS) is 11.1. The minimum atomic E-state index is -0.154. The van der Waals surface area contributed by atoms with E-state index in [2.05, 4.69) is 48.9 Å². The van der Waals surface area contributed by atoms with E-state index in [9.17, 15) is 4.79 Å². The third-order valence-electron chi connectivity index (χ3n) is 5.86. The Bertz CT molecular complexity index is 1280. The van der Waals surface area contributed by atoms with Crippen LogP contribution in [0.3, 0.4) is 0 Å². The van der Waals surface area contributed by atoms with Crippen molar-refractivity contribution in [2.75, 3.05) is 13.7 Å². The molecule has 0 aliphatic heterocycles. The topological polar surface area (TPSA) is 65.4 Å². The molecule has 0 bridgehead atoms. The van der Waals surface area contributed by atoms with Crippen LogP contribution in [0, 0.1) is 6.92 Å². The summed E-state index contributed by atoms with van der Waals surface area (Å²) in [6.45, 7) is 7.86. The lowest BCUT2D eigenvalue weighted by atomic mass is 10.0. The predicted molar refractivity (Wildman–Crippen MR) is 135 cm³/mol. The number of fused-ring (bicyclic) bond motifs is 1. The average molecular weight is 458 g/mol. The number of aryl methyl sites for hydroxylation is 1. The fourth-order valence-corrected chi connectivity index (χ4v) is 4.00. The number of nitrogens with zero attached hydrogens (tertiary/aromatic N) is 2. The molecule has 0 atom stereocenters. The van der Waals surface area contributed by atoms with Crippen LogP contribution in [0.2, 0.25) is 0 Å². The molecular formula is C28H31N3O3. The van der Waals surface area contributed by atoms with Crippen LogP contribution in [0.4, 0.5) is 0 Å². The number of ether oxygens (including phenoxy) is 2. The summed E-state index contributed by atoms with van der Waals surface area (Å²) < 4.78 is 13.5. The first-order chi connectivity index (χ1) is 16.5. The maximum Gasteiger partial charge on any atom is 0.251 e. The van der Waals surface area contributed by atoms with Gasteiger partial charge in [-0.1, -0.05) is 38.1 Å². The zero-order valence-corrected chi connectivity index (χ0v) is 20.2. The molecule has 0 unspecified atom stereocenters. The Kier molecular flexibility index (Phi) is 7.16. The van der Waals surface area contributed by atoms with E-state index < -0.39 is 0 Å². The van der Waals surface area contributed by atoms with Crippen molar-refractivity contribution in [3.05, 3.63) is 89.2 Å². The Morgan fingerprint density at radius 2 is 1.82 bits per heavy atom. The second kappa shape index (κ2) is 10.4. The van der Waals surface area contributed by atoms with Crippen LogP contribution in [0.15, 0.2) is 66.7 Å². The van der Waals surface area contributed by atoms with E-state index in [1.54, 1.807) is 31.4 Å². The van der Waals surface area contributed by atoms with Gasteiger partial charge < -0.3 is 19.4 Å². The van der Waals surface area contributed by atoms with Crippen LogP contribution >= 0.6 is 0 Å². The highest BCUT2D eigenvalue weighted by molar-refractivity contribution is 5.94. The Balaban J connectivity index is 1.49. The number of carbonyl (C=O) groups excluding carboxylic acids is 1. The van der Waals surface area contributed by atoms with Gasteiger partial charge in [-0.2, -0.15) is 0 Å². The second-order valence-electron chi connectivity index (χ2n) is 8.62. The predicted octanol–water partition coefficient (Wildman–Crippen LogP) is 5.49. The molecule has 0 saturated carbocycles. The molecule has 0 aliphatic carbocycles. The largest absolute Gasteiger partial charge is 0.497 e. The van der Waals surface area contributed by atoms with Crippen molar-refractivity contribution >= 4 is 16.9 Å². The summed E-state index contributed by atoms with van der Waals surface area (Å²) in [5.41, 5.74) is 4.87. The highest BCUT2D eigenvalue weighted by Gasteiger charge is 2.14. The molecule has 176 valence electrons. The van der Waals surface area contributed by atoms with Gasteiger partial charge in [0.2, 0.25) is 0 Å². The standard InChI is InChI=1S/C28H31N3O3/c1-19(2)23-14-9-20(3)17-26(23)34-16-15-31-25-8-6-5-7-24(25)30-27(31)18-29-28(32)21-10-12-22(33-4)13-11-21/h5-14,17,19H,15-16,18H2,1-4H3,(H,29,32). The molecule has 6 nitrogen and oxygen atoms in total. The van der Waals surface area contributed by atoms with Gasteiger partial charge >= 0.3 is 0 Å². The molecule has 0 radical (unpaired) electrons. The zero-order valence-electron chi connectivity index (χ0n) is 20.2. The van der Waals surface area contributed by atoms with Crippen molar-refractivity contribution in [2.24, 2.45) is 0 Å². The maximum atomic E-state index is 12.7. The van der Waals surface area contributed by atoms with Gasteiger partial charge in [0.05, 0.1) is 31.2 Å². The molecule has 4 rings (SSSR count). The van der Waals surface area contributed by atoms with Gasteiger partial charge in [-0.15, -0.1) is 0 Å². The van der Waals surface area contributed by atoms with Crippen molar-refractivity contribution in [1.82, 2.24) is 14.9 Å². The highest BCUT2D eigenvalue weighted by atomic mass is 16.5. The Morgan fingerprint density at radius 3 is 2.56 bits per heavy atom. The number of hydrogen-bond acceptors (Lipinski definition) is 4. The van der Waals surface area contributed by atoms with E-state index in [-0.39, 0.29) is 5.91 Å². The SMILES string of the molecule is COc1ccc(C(=O)NCc2nc3ccccc3n2CCOc2cc(C)ccc2C(C)C)cc1. The first-order valence-corrected chi connectivity index (χ1v) is 11.6. The molecule has 1 heterocycles. The second-order valence-corrected chi connectivity index (χ2v) is 8.62. The number of rotatable bonds is 9. The Morgan fingerprint density at radius 1 is 1.06 bits per heavy atom. The molecule has 3 aromatic carbocycles. The van der Waals surface area contributed by atoms with Crippen molar-refractivity contribution in [2.45, 2.75) is 39.8 Å². The molecule has 6 heteroatoms. The molecule has 0 saturated heterocycles. The summed E-state index contributed by atoms with van der Waals surface area (Å²) in [7, 11) is 1.60. The minimum Gasteiger partial charge on any atom is -0.497 e.